The second kappa shape index (κ2) is 8.16. The SMILES string of the molecule is CC(C)CCSc1nc(-c2cccc([N+](=O)[O-])c2)nc2c1c(=O)n(C)c(=O)n2C. The Balaban J connectivity index is 2.27. The molecule has 0 unspecified atom stereocenters. The molecule has 0 saturated carbocycles. The van der Waals surface area contributed by atoms with Crippen LogP contribution in [0.1, 0.15) is 20.3 Å². The van der Waals surface area contributed by atoms with E-state index in [0.29, 0.717) is 16.5 Å². The van der Waals surface area contributed by atoms with Gasteiger partial charge in [-0.05, 0) is 18.1 Å². The molecule has 9 nitrogen and oxygen atoms in total. The second-order valence-corrected chi connectivity index (χ2v) is 8.18. The summed E-state index contributed by atoms with van der Waals surface area (Å²) in [5.74, 6) is 1.46. The lowest BCUT2D eigenvalue weighted by Gasteiger charge is -2.12. The lowest BCUT2D eigenvalue weighted by Crippen LogP contribution is -2.37. The maximum atomic E-state index is 12.8. The van der Waals surface area contributed by atoms with Gasteiger partial charge in [0.05, 0.1) is 4.92 Å². The first-order valence-corrected chi connectivity index (χ1v) is 10.0. The highest BCUT2D eigenvalue weighted by Gasteiger charge is 2.19. The van der Waals surface area contributed by atoms with Crippen molar-refractivity contribution in [3.05, 3.63) is 55.2 Å². The maximum Gasteiger partial charge on any atom is 0.332 e. The number of nitro benzene ring substituents is 1. The molecule has 0 radical (unpaired) electrons. The molecule has 152 valence electrons. The molecule has 0 amide bonds. The van der Waals surface area contributed by atoms with Crippen LogP contribution in [-0.4, -0.2) is 29.8 Å². The molecule has 0 fully saturated rings. The van der Waals surface area contributed by atoms with Gasteiger partial charge in [0.1, 0.15) is 10.4 Å². The van der Waals surface area contributed by atoms with E-state index in [9.17, 15) is 19.7 Å². The predicted molar refractivity (Wildman–Crippen MR) is 112 cm³/mol. The van der Waals surface area contributed by atoms with E-state index in [0.717, 1.165) is 16.7 Å². The molecule has 0 bridgehead atoms. The van der Waals surface area contributed by atoms with Crippen molar-refractivity contribution in [3.8, 4) is 11.4 Å². The molecule has 2 aromatic heterocycles. The van der Waals surface area contributed by atoms with Crippen LogP contribution in [0, 0.1) is 16.0 Å². The maximum absolute atomic E-state index is 12.8. The zero-order chi connectivity index (χ0) is 21.3. The molecule has 0 aliphatic rings. The first-order valence-electron chi connectivity index (χ1n) is 9.06. The number of nitrogens with zero attached hydrogens (tertiary/aromatic N) is 5. The Morgan fingerprint density at radius 1 is 1.17 bits per heavy atom. The van der Waals surface area contributed by atoms with Crippen molar-refractivity contribution in [1.29, 1.82) is 0 Å². The van der Waals surface area contributed by atoms with Gasteiger partial charge >= 0.3 is 5.69 Å². The lowest BCUT2D eigenvalue weighted by molar-refractivity contribution is -0.384. The predicted octanol–water partition coefficient (Wildman–Crippen LogP) is 2.74. The van der Waals surface area contributed by atoms with Gasteiger partial charge in [-0.2, -0.15) is 0 Å². The fourth-order valence-corrected chi connectivity index (χ4v) is 4.07. The molecule has 0 saturated heterocycles. The van der Waals surface area contributed by atoms with E-state index in [1.807, 2.05) is 0 Å². The van der Waals surface area contributed by atoms with Crippen LogP contribution in [0.25, 0.3) is 22.4 Å². The Morgan fingerprint density at radius 3 is 2.55 bits per heavy atom. The molecule has 1 aromatic carbocycles. The number of hydrogen-bond donors (Lipinski definition) is 0. The number of aromatic nitrogens is 4. The molecule has 0 N–H and O–H groups in total. The first kappa shape index (κ1) is 20.7. The van der Waals surface area contributed by atoms with E-state index in [2.05, 4.69) is 23.8 Å². The number of nitro groups is 1. The van der Waals surface area contributed by atoms with E-state index >= 15 is 0 Å². The lowest BCUT2D eigenvalue weighted by atomic mass is 10.2. The van der Waals surface area contributed by atoms with Gasteiger partial charge < -0.3 is 0 Å². The van der Waals surface area contributed by atoms with Gasteiger partial charge in [-0.15, -0.1) is 11.8 Å². The standard InChI is InChI=1S/C19H21N5O4S/c1-11(2)8-9-29-17-14-16(22(3)19(26)23(4)18(14)25)20-15(21-17)12-6-5-7-13(10-12)24(27)28/h5-7,10-11H,8-9H2,1-4H3. The summed E-state index contributed by atoms with van der Waals surface area (Å²) in [6.07, 6.45) is 0.925. The van der Waals surface area contributed by atoms with Crippen molar-refractivity contribution >= 4 is 28.5 Å². The van der Waals surface area contributed by atoms with E-state index in [1.54, 1.807) is 12.1 Å². The van der Waals surface area contributed by atoms with Crippen molar-refractivity contribution in [2.75, 3.05) is 5.75 Å². The Hall–Kier alpha value is -3.01. The summed E-state index contributed by atoms with van der Waals surface area (Å²) in [6.45, 7) is 4.21. The molecule has 0 spiro atoms. The first-order chi connectivity index (χ1) is 13.7. The van der Waals surface area contributed by atoms with Gasteiger partial charge in [-0.25, -0.2) is 14.8 Å². The fourth-order valence-electron chi connectivity index (χ4n) is 2.81. The number of thioether (sulfide) groups is 1. The van der Waals surface area contributed by atoms with E-state index in [4.69, 9.17) is 0 Å². The Kier molecular flexibility index (Phi) is 5.83. The molecular formula is C19H21N5O4S. The molecule has 2 heterocycles. The molecule has 3 rings (SSSR count). The molecule has 29 heavy (non-hydrogen) atoms. The zero-order valence-electron chi connectivity index (χ0n) is 16.6. The average Bonchev–Trinajstić information content (AvgIpc) is 2.69. The summed E-state index contributed by atoms with van der Waals surface area (Å²) in [7, 11) is 2.96. The Labute approximate surface area is 170 Å². The van der Waals surface area contributed by atoms with Crippen LogP contribution in [0.2, 0.25) is 0 Å². The van der Waals surface area contributed by atoms with Crippen molar-refractivity contribution < 1.29 is 4.92 Å². The highest BCUT2D eigenvalue weighted by atomic mass is 32.2. The average molecular weight is 415 g/mol. The molecule has 3 aromatic rings. The summed E-state index contributed by atoms with van der Waals surface area (Å²) >= 11 is 1.42. The molecule has 10 heteroatoms. The van der Waals surface area contributed by atoms with Crippen LogP contribution < -0.4 is 11.2 Å². The number of benzene rings is 1. The van der Waals surface area contributed by atoms with Crippen molar-refractivity contribution in [2.24, 2.45) is 20.0 Å². The monoisotopic (exact) mass is 415 g/mol. The third kappa shape index (κ3) is 4.07. The summed E-state index contributed by atoms with van der Waals surface area (Å²) in [4.78, 5) is 44.7. The van der Waals surface area contributed by atoms with Gasteiger partial charge in [0, 0.05) is 31.8 Å². The normalized spacial score (nSPS) is 11.3. The smallest absolute Gasteiger partial charge is 0.280 e. The van der Waals surface area contributed by atoms with Crippen molar-refractivity contribution in [3.63, 3.8) is 0 Å². The fraction of sp³-hybridized carbons (Fsp3) is 0.368. The zero-order valence-corrected chi connectivity index (χ0v) is 17.4. The van der Waals surface area contributed by atoms with Gasteiger partial charge in [-0.3, -0.25) is 24.0 Å². The van der Waals surface area contributed by atoms with Crippen LogP contribution in [0.5, 0.6) is 0 Å². The minimum atomic E-state index is -0.496. The Morgan fingerprint density at radius 2 is 1.90 bits per heavy atom. The number of rotatable bonds is 6. The molecule has 0 aliphatic carbocycles. The largest absolute Gasteiger partial charge is 0.332 e. The van der Waals surface area contributed by atoms with Crippen LogP contribution >= 0.6 is 11.8 Å². The van der Waals surface area contributed by atoms with Crippen molar-refractivity contribution in [1.82, 2.24) is 19.1 Å². The number of fused-ring (bicyclic) bond motifs is 1. The summed E-state index contributed by atoms with van der Waals surface area (Å²) in [5.41, 5.74) is -0.385. The second-order valence-electron chi connectivity index (χ2n) is 7.10. The minimum Gasteiger partial charge on any atom is -0.280 e. The minimum absolute atomic E-state index is 0.0851. The highest BCUT2D eigenvalue weighted by molar-refractivity contribution is 7.99. The third-order valence-electron chi connectivity index (χ3n) is 4.52. The molecule has 0 atom stereocenters. The summed E-state index contributed by atoms with van der Waals surface area (Å²) < 4.78 is 2.33. The molecule has 0 aliphatic heterocycles. The van der Waals surface area contributed by atoms with Crippen molar-refractivity contribution in [2.45, 2.75) is 25.3 Å². The van der Waals surface area contributed by atoms with Crippen LogP contribution in [0.15, 0.2) is 38.9 Å². The summed E-state index contributed by atoms with van der Waals surface area (Å²) in [5, 5.41) is 11.9. The number of hydrogen-bond acceptors (Lipinski definition) is 7. The van der Waals surface area contributed by atoms with E-state index in [1.165, 1.54) is 42.6 Å². The quantitative estimate of drug-likeness (QED) is 0.263. The van der Waals surface area contributed by atoms with Gasteiger partial charge in [0.15, 0.2) is 11.5 Å². The van der Waals surface area contributed by atoms with Gasteiger partial charge in [-0.1, -0.05) is 26.0 Å². The Bertz CT molecular complexity index is 1220. The van der Waals surface area contributed by atoms with Gasteiger partial charge in [0.25, 0.3) is 11.2 Å². The number of non-ortho nitro benzene ring substituents is 1. The molecular weight excluding hydrogens is 394 g/mol. The third-order valence-corrected chi connectivity index (χ3v) is 5.52. The van der Waals surface area contributed by atoms with Crippen LogP contribution in [0.3, 0.4) is 0 Å². The van der Waals surface area contributed by atoms with Crippen LogP contribution in [-0.2, 0) is 14.1 Å². The topological polar surface area (TPSA) is 113 Å². The summed E-state index contributed by atoms with van der Waals surface area (Å²) in [6, 6.07) is 5.97. The number of aryl methyl sites for hydroxylation is 1. The van der Waals surface area contributed by atoms with Gasteiger partial charge in [0.2, 0.25) is 0 Å². The van der Waals surface area contributed by atoms with E-state index in [-0.39, 0.29) is 22.5 Å². The highest BCUT2D eigenvalue weighted by Crippen LogP contribution is 2.28. The van der Waals surface area contributed by atoms with E-state index < -0.39 is 16.2 Å². The van der Waals surface area contributed by atoms with Crippen LogP contribution in [0.4, 0.5) is 5.69 Å².